The molecule has 19 heavy (non-hydrogen) atoms. The van der Waals surface area contributed by atoms with Crippen LogP contribution in [0.2, 0.25) is 5.15 Å². The van der Waals surface area contributed by atoms with Crippen LogP contribution in [0.1, 0.15) is 10.4 Å². The van der Waals surface area contributed by atoms with E-state index >= 15 is 0 Å². The third kappa shape index (κ3) is 3.27. The average Bonchev–Trinajstić information content (AvgIpc) is 2.30. The van der Waals surface area contributed by atoms with Gasteiger partial charge in [0.05, 0.1) is 11.9 Å². The second kappa shape index (κ2) is 5.63. The van der Waals surface area contributed by atoms with Gasteiger partial charge in [0.15, 0.2) is 0 Å². The first-order valence-corrected chi connectivity index (χ1v) is 6.22. The Balaban J connectivity index is 2.28. The molecule has 1 heterocycles. The first kappa shape index (κ1) is 13.9. The monoisotopic (exact) mass is 346 g/mol. The van der Waals surface area contributed by atoms with Crippen molar-refractivity contribution in [2.24, 2.45) is 0 Å². The van der Waals surface area contributed by atoms with Gasteiger partial charge in [-0.1, -0.05) is 27.5 Å². The van der Waals surface area contributed by atoms with Gasteiger partial charge in [-0.3, -0.25) is 4.79 Å². The molecule has 0 fully saturated rings. The molecule has 1 amide bonds. The molecule has 0 radical (unpaired) electrons. The summed E-state index contributed by atoms with van der Waals surface area (Å²) in [7, 11) is 0. The van der Waals surface area contributed by atoms with Gasteiger partial charge in [0.2, 0.25) is 0 Å². The number of nitrogens with zero attached hydrogens (tertiary/aromatic N) is 1. The Morgan fingerprint density at radius 3 is 2.42 bits per heavy atom. The predicted molar refractivity (Wildman–Crippen MR) is 71.3 cm³/mol. The number of carbonyl (C=O) groups excluding carboxylic acids is 1. The lowest BCUT2D eigenvalue weighted by Crippen LogP contribution is -2.16. The fourth-order valence-electron chi connectivity index (χ4n) is 1.40. The molecule has 1 aromatic carbocycles. The zero-order chi connectivity index (χ0) is 14.0. The maximum atomic E-state index is 13.6. The number of carbonyl (C=O) groups is 1. The molecule has 1 aromatic heterocycles. The molecule has 0 spiro atoms. The van der Waals surface area contributed by atoms with Gasteiger partial charge in [0.25, 0.3) is 5.91 Å². The molecular weight excluding hydrogens is 341 g/mol. The van der Waals surface area contributed by atoms with Gasteiger partial charge in [-0.25, -0.2) is 13.8 Å². The number of hydrogen-bond acceptors (Lipinski definition) is 2. The molecule has 0 saturated heterocycles. The van der Waals surface area contributed by atoms with E-state index < -0.39 is 23.1 Å². The predicted octanol–water partition coefficient (Wildman–Crippen LogP) is 4.03. The van der Waals surface area contributed by atoms with E-state index in [4.69, 9.17) is 11.6 Å². The Morgan fingerprint density at radius 1 is 1.26 bits per heavy atom. The summed E-state index contributed by atoms with van der Waals surface area (Å²) in [6.45, 7) is 0. The fourth-order valence-corrected chi connectivity index (χ4v) is 1.92. The summed E-state index contributed by atoms with van der Waals surface area (Å²) in [4.78, 5) is 15.5. The molecule has 0 aliphatic carbocycles. The number of halogens is 4. The van der Waals surface area contributed by atoms with Crippen LogP contribution in [0.3, 0.4) is 0 Å². The van der Waals surface area contributed by atoms with Crippen molar-refractivity contribution in [3.63, 3.8) is 0 Å². The van der Waals surface area contributed by atoms with Crippen molar-refractivity contribution in [2.75, 3.05) is 5.32 Å². The first-order chi connectivity index (χ1) is 8.97. The third-order valence-electron chi connectivity index (χ3n) is 2.22. The van der Waals surface area contributed by atoms with E-state index in [0.717, 1.165) is 12.1 Å². The molecule has 2 aromatic rings. The molecular formula is C12H6BrClF2N2O. The Kier molecular flexibility index (Phi) is 4.11. The van der Waals surface area contributed by atoms with Crippen molar-refractivity contribution in [1.82, 2.24) is 4.98 Å². The SMILES string of the molecule is O=C(Nc1ccc(Cl)nc1)c1c(F)cc(Br)cc1F. The summed E-state index contributed by atoms with van der Waals surface area (Å²) in [6.07, 6.45) is 1.29. The van der Waals surface area contributed by atoms with Crippen LogP contribution in [0.4, 0.5) is 14.5 Å². The van der Waals surface area contributed by atoms with Crippen molar-refractivity contribution in [1.29, 1.82) is 0 Å². The molecule has 0 unspecified atom stereocenters. The summed E-state index contributed by atoms with van der Waals surface area (Å²) in [5, 5.41) is 2.58. The molecule has 0 aliphatic heterocycles. The van der Waals surface area contributed by atoms with E-state index in [0.29, 0.717) is 0 Å². The topological polar surface area (TPSA) is 42.0 Å². The van der Waals surface area contributed by atoms with Crippen LogP contribution in [-0.4, -0.2) is 10.9 Å². The molecule has 1 N–H and O–H groups in total. The number of benzene rings is 1. The molecule has 3 nitrogen and oxygen atoms in total. The van der Waals surface area contributed by atoms with Crippen molar-refractivity contribution >= 4 is 39.1 Å². The van der Waals surface area contributed by atoms with Crippen LogP contribution in [0.25, 0.3) is 0 Å². The maximum Gasteiger partial charge on any atom is 0.261 e. The maximum absolute atomic E-state index is 13.6. The average molecular weight is 348 g/mol. The Morgan fingerprint density at radius 2 is 1.89 bits per heavy atom. The lowest BCUT2D eigenvalue weighted by atomic mass is 10.2. The van der Waals surface area contributed by atoms with Gasteiger partial charge < -0.3 is 5.32 Å². The lowest BCUT2D eigenvalue weighted by molar-refractivity contribution is 0.101. The van der Waals surface area contributed by atoms with Crippen molar-refractivity contribution < 1.29 is 13.6 Å². The van der Waals surface area contributed by atoms with E-state index in [-0.39, 0.29) is 15.3 Å². The van der Waals surface area contributed by atoms with Crippen LogP contribution in [0.5, 0.6) is 0 Å². The number of anilines is 1. The minimum absolute atomic E-state index is 0.215. The molecule has 0 atom stereocenters. The van der Waals surface area contributed by atoms with Crippen molar-refractivity contribution in [2.45, 2.75) is 0 Å². The second-order valence-electron chi connectivity index (χ2n) is 3.57. The lowest BCUT2D eigenvalue weighted by Gasteiger charge is -2.07. The molecule has 7 heteroatoms. The molecule has 0 saturated carbocycles. The summed E-state index contributed by atoms with van der Waals surface area (Å²) in [5.74, 6) is -2.80. The van der Waals surface area contributed by atoms with Crippen LogP contribution < -0.4 is 5.32 Å². The number of pyridine rings is 1. The van der Waals surface area contributed by atoms with Gasteiger partial charge in [-0.05, 0) is 24.3 Å². The highest BCUT2D eigenvalue weighted by atomic mass is 79.9. The molecule has 0 bridgehead atoms. The largest absolute Gasteiger partial charge is 0.320 e. The highest BCUT2D eigenvalue weighted by molar-refractivity contribution is 9.10. The number of hydrogen-bond donors (Lipinski definition) is 1. The molecule has 2 rings (SSSR count). The van der Waals surface area contributed by atoms with Crippen LogP contribution in [-0.2, 0) is 0 Å². The normalized spacial score (nSPS) is 10.3. The minimum Gasteiger partial charge on any atom is -0.320 e. The zero-order valence-electron chi connectivity index (χ0n) is 9.25. The zero-order valence-corrected chi connectivity index (χ0v) is 11.6. The van der Waals surface area contributed by atoms with Gasteiger partial charge >= 0.3 is 0 Å². The van der Waals surface area contributed by atoms with E-state index in [1.807, 2.05) is 0 Å². The highest BCUT2D eigenvalue weighted by Gasteiger charge is 2.18. The van der Waals surface area contributed by atoms with Gasteiger partial charge in [-0.15, -0.1) is 0 Å². The Bertz CT molecular complexity index is 611. The number of aromatic nitrogens is 1. The molecule has 0 aliphatic rings. The standard InChI is InChI=1S/C12H6BrClF2N2O/c13-6-3-8(15)11(9(16)4-6)12(19)18-7-1-2-10(14)17-5-7/h1-5H,(H,18,19). The van der Waals surface area contributed by atoms with Gasteiger partial charge in [0.1, 0.15) is 22.4 Å². The van der Waals surface area contributed by atoms with Crippen LogP contribution >= 0.6 is 27.5 Å². The van der Waals surface area contributed by atoms with Crippen molar-refractivity contribution in [3.8, 4) is 0 Å². The number of rotatable bonds is 2. The number of amides is 1. The fraction of sp³-hybridized carbons (Fsp3) is 0. The molecule has 98 valence electrons. The number of nitrogens with one attached hydrogen (secondary N) is 1. The van der Waals surface area contributed by atoms with Gasteiger partial charge in [0, 0.05) is 4.47 Å². The van der Waals surface area contributed by atoms with E-state index in [2.05, 4.69) is 26.2 Å². The summed E-state index contributed by atoms with van der Waals surface area (Å²) < 4.78 is 27.3. The van der Waals surface area contributed by atoms with Crippen molar-refractivity contribution in [3.05, 3.63) is 57.3 Å². The smallest absolute Gasteiger partial charge is 0.261 e. The third-order valence-corrected chi connectivity index (χ3v) is 2.90. The van der Waals surface area contributed by atoms with E-state index in [9.17, 15) is 13.6 Å². The summed E-state index contributed by atoms with van der Waals surface area (Å²) in [5.41, 5.74) is -0.366. The van der Waals surface area contributed by atoms with E-state index in [1.165, 1.54) is 18.3 Å². The second-order valence-corrected chi connectivity index (χ2v) is 4.87. The summed E-state index contributed by atoms with van der Waals surface area (Å²) in [6, 6.07) is 4.95. The Labute approximate surface area is 120 Å². The van der Waals surface area contributed by atoms with Gasteiger partial charge in [-0.2, -0.15) is 0 Å². The quantitative estimate of drug-likeness (QED) is 0.834. The Hall–Kier alpha value is -1.53. The van der Waals surface area contributed by atoms with E-state index in [1.54, 1.807) is 0 Å². The highest BCUT2D eigenvalue weighted by Crippen LogP contribution is 2.20. The summed E-state index contributed by atoms with van der Waals surface area (Å²) >= 11 is 8.52. The first-order valence-electron chi connectivity index (χ1n) is 5.05. The van der Waals surface area contributed by atoms with Crippen LogP contribution in [0, 0.1) is 11.6 Å². The van der Waals surface area contributed by atoms with Crippen LogP contribution in [0.15, 0.2) is 34.9 Å². The minimum atomic E-state index is -0.953.